The van der Waals surface area contributed by atoms with Gasteiger partial charge in [-0.3, -0.25) is 13.8 Å². The zero-order valence-electron chi connectivity index (χ0n) is 22.8. The second kappa shape index (κ2) is 11.9. The lowest BCUT2D eigenvalue weighted by atomic mass is 10.2. The lowest BCUT2D eigenvalue weighted by Gasteiger charge is -2.20. The predicted molar refractivity (Wildman–Crippen MR) is 158 cm³/mol. The van der Waals surface area contributed by atoms with Crippen LogP contribution >= 0.6 is 0 Å². The maximum absolute atomic E-state index is 13.2. The van der Waals surface area contributed by atoms with Crippen molar-refractivity contribution in [2.24, 2.45) is 0 Å². The molecule has 41 heavy (non-hydrogen) atoms. The van der Waals surface area contributed by atoms with Crippen LogP contribution in [0.2, 0.25) is 0 Å². The molecule has 0 spiro atoms. The zero-order valence-corrected chi connectivity index (χ0v) is 24.4. The molecule has 0 saturated heterocycles. The van der Waals surface area contributed by atoms with E-state index in [1.807, 2.05) is 6.92 Å². The van der Waals surface area contributed by atoms with E-state index in [9.17, 15) is 21.6 Å². The standard InChI is InChI=1S/C29H29N3O7S2/c1-20-5-9-23(10-6-20)31-40(34,35)25-15-11-22(12-16-25)30-29(33)21-7-13-24(14-8-21)32(2)41(36,37)26-17-18-27(38-3)28(19-26)39-4/h5-19,31H,1-4H3,(H,30,33). The van der Waals surface area contributed by atoms with Crippen LogP contribution in [-0.4, -0.2) is 44.0 Å². The van der Waals surface area contributed by atoms with Gasteiger partial charge in [0.25, 0.3) is 26.0 Å². The first-order valence-electron chi connectivity index (χ1n) is 12.3. The molecule has 0 radical (unpaired) electrons. The fourth-order valence-corrected chi connectivity index (χ4v) is 6.12. The Labute approximate surface area is 239 Å². The van der Waals surface area contributed by atoms with Crippen molar-refractivity contribution < 1.29 is 31.1 Å². The third-order valence-corrected chi connectivity index (χ3v) is 9.41. The van der Waals surface area contributed by atoms with Gasteiger partial charge in [-0.1, -0.05) is 17.7 Å². The van der Waals surface area contributed by atoms with E-state index >= 15 is 0 Å². The van der Waals surface area contributed by atoms with Crippen molar-refractivity contribution in [3.8, 4) is 11.5 Å². The van der Waals surface area contributed by atoms with Gasteiger partial charge in [-0.2, -0.15) is 0 Å². The quantitative estimate of drug-likeness (QED) is 0.267. The Morgan fingerprint density at radius 1 is 0.707 bits per heavy atom. The minimum absolute atomic E-state index is 0.0130. The van der Waals surface area contributed by atoms with E-state index in [0.29, 0.717) is 22.8 Å². The highest BCUT2D eigenvalue weighted by Crippen LogP contribution is 2.31. The van der Waals surface area contributed by atoms with E-state index in [2.05, 4.69) is 10.0 Å². The molecule has 0 aliphatic carbocycles. The minimum Gasteiger partial charge on any atom is -0.493 e. The lowest BCUT2D eigenvalue weighted by Crippen LogP contribution is -2.26. The van der Waals surface area contributed by atoms with Crippen molar-refractivity contribution in [1.29, 1.82) is 0 Å². The number of rotatable bonds is 10. The Bertz CT molecular complexity index is 1760. The van der Waals surface area contributed by atoms with Gasteiger partial charge in [0.1, 0.15) is 0 Å². The topological polar surface area (TPSA) is 131 Å². The van der Waals surface area contributed by atoms with Gasteiger partial charge in [0.15, 0.2) is 11.5 Å². The number of carbonyl (C=O) groups excluding carboxylic acids is 1. The lowest BCUT2D eigenvalue weighted by molar-refractivity contribution is 0.102. The molecule has 12 heteroatoms. The van der Waals surface area contributed by atoms with Gasteiger partial charge < -0.3 is 14.8 Å². The summed E-state index contributed by atoms with van der Waals surface area (Å²) < 4.78 is 65.7. The van der Waals surface area contributed by atoms with Crippen molar-refractivity contribution in [2.45, 2.75) is 16.7 Å². The van der Waals surface area contributed by atoms with Gasteiger partial charge in [0.2, 0.25) is 0 Å². The van der Waals surface area contributed by atoms with Crippen LogP contribution in [0.4, 0.5) is 17.1 Å². The Morgan fingerprint density at radius 3 is 1.85 bits per heavy atom. The highest BCUT2D eigenvalue weighted by Gasteiger charge is 2.23. The summed E-state index contributed by atoms with van der Waals surface area (Å²) in [5, 5.41) is 2.71. The van der Waals surface area contributed by atoms with Crippen LogP contribution in [0.25, 0.3) is 0 Å². The number of hydrogen-bond acceptors (Lipinski definition) is 7. The maximum atomic E-state index is 13.2. The smallest absolute Gasteiger partial charge is 0.264 e. The number of benzene rings is 4. The molecule has 10 nitrogen and oxygen atoms in total. The number of nitrogens with one attached hydrogen (secondary N) is 2. The number of methoxy groups -OCH3 is 2. The first-order valence-corrected chi connectivity index (χ1v) is 15.2. The number of carbonyl (C=O) groups is 1. The van der Waals surface area contributed by atoms with Crippen molar-refractivity contribution in [3.63, 3.8) is 0 Å². The van der Waals surface area contributed by atoms with Crippen molar-refractivity contribution in [2.75, 3.05) is 35.6 Å². The first-order chi connectivity index (χ1) is 19.4. The third-order valence-electron chi connectivity index (χ3n) is 6.23. The van der Waals surface area contributed by atoms with Crippen LogP contribution in [-0.2, 0) is 20.0 Å². The molecule has 4 aromatic rings. The highest BCUT2D eigenvalue weighted by molar-refractivity contribution is 7.93. The van der Waals surface area contributed by atoms with Crippen molar-refractivity contribution in [3.05, 3.63) is 102 Å². The number of anilines is 3. The van der Waals surface area contributed by atoms with Crippen LogP contribution < -0.4 is 23.8 Å². The minimum atomic E-state index is -3.93. The van der Waals surface area contributed by atoms with Gasteiger partial charge in [-0.15, -0.1) is 0 Å². The number of ether oxygens (including phenoxy) is 2. The second-order valence-electron chi connectivity index (χ2n) is 8.99. The molecule has 0 aliphatic heterocycles. The van der Waals surface area contributed by atoms with Gasteiger partial charge in [-0.05, 0) is 79.7 Å². The van der Waals surface area contributed by atoms with Crippen LogP contribution in [0.1, 0.15) is 15.9 Å². The molecule has 0 aromatic heterocycles. The predicted octanol–water partition coefficient (Wildman–Crippen LogP) is 4.89. The number of hydrogen-bond donors (Lipinski definition) is 2. The molecule has 0 heterocycles. The Kier molecular flexibility index (Phi) is 8.55. The monoisotopic (exact) mass is 595 g/mol. The second-order valence-corrected chi connectivity index (χ2v) is 12.6. The third kappa shape index (κ3) is 6.61. The first kappa shape index (κ1) is 29.4. The molecule has 0 bridgehead atoms. The van der Waals surface area contributed by atoms with E-state index in [0.717, 1.165) is 9.87 Å². The van der Waals surface area contributed by atoms with E-state index < -0.39 is 26.0 Å². The van der Waals surface area contributed by atoms with E-state index in [-0.39, 0.29) is 21.1 Å². The molecule has 0 unspecified atom stereocenters. The molecule has 214 valence electrons. The SMILES string of the molecule is COc1ccc(S(=O)(=O)N(C)c2ccc(C(=O)Nc3ccc(S(=O)(=O)Nc4ccc(C)cc4)cc3)cc2)cc1OC. The summed E-state index contributed by atoms with van der Waals surface area (Å²) in [7, 11) is -3.45. The van der Waals surface area contributed by atoms with Gasteiger partial charge in [0, 0.05) is 30.1 Å². The number of amides is 1. The van der Waals surface area contributed by atoms with Crippen LogP contribution in [0.3, 0.4) is 0 Å². The number of sulfonamides is 2. The summed E-state index contributed by atoms with van der Waals surface area (Å²) >= 11 is 0. The zero-order chi connectivity index (χ0) is 29.8. The summed E-state index contributed by atoms with van der Waals surface area (Å²) in [6.45, 7) is 1.91. The average Bonchev–Trinajstić information content (AvgIpc) is 2.97. The van der Waals surface area contributed by atoms with Crippen LogP contribution in [0, 0.1) is 6.92 Å². The molecule has 0 saturated carbocycles. The van der Waals surface area contributed by atoms with Gasteiger partial charge in [0.05, 0.1) is 29.7 Å². The fraction of sp³-hybridized carbons (Fsp3) is 0.138. The molecular formula is C29H29N3O7S2. The Balaban J connectivity index is 1.43. The number of nitrogens with zero attached hydrogens (tertiary/aromatic N) is 1. The molecule has 2 N–H and O–H groups in total. The van der Waals surface area contributed by atoms with E-state index in [4.69, 9.17) is 9.47 Å². The summed E-state index contributed by atoms with van der Waals surface area (Å²) in [5.41, 5.74) is 2.46. The van der Waals surface area contributed by atoms with Gasteiger partial charge >= 0.3 is 0 Å². The molecule has 0 fully saturated rings. The highest BCUT2D eigenvalue weighted by atomic mass is 32.2. The molecule has 0 atom stereocenters. The maximum Gasteiger partial charge on any atom is 0.264 e. The summed E-state index contributed by atoms with van der Waals surface area (Å²) in [5.74, 6) is 0.233. The van der Waals surface area contributed by atoms with Crippen LogP contribution in [0.5, 0.6) is 11.5 Å². The summed E-state index contributed by atoms with van der Waals surface area (Å²) in [6.07, 6.45) is 0. The Hall–Kier alpha value is -4.55. The van der Waals surface area contributed by atoms with Crippen molar-refractivity contribution in [1.82, 2.24) is 0 Å². The summed E-state index contributed by atoms with van der Waals surface area (Å²) in [6, 6.07) is 23.0. The largest absolute Gasteiger partial charge is 0.493 e. The van der Waals surface area contributed by atoms with E-state index in [1.54, 1.807) is 24.3 Å². The van der Waals surface area contributed by atoms with Crippen LogP contribution in [0.15, 0.2) is 101 Å². The van der Waals surface area contributed by atoms with Gasteiger partial charge in [-0.25, -0.2) is 16.8 Å². The Morgan fingerprint density at radius 2 is 1.27 bits per heavy atom. The van der Waals surface area contributed by atoms with E-state index in [1.165, 1.54) is 88.0 Å². The normalized spacial score (nSPS) is 11.4. The van der Waals surface area contributed by atoms with Crippen molar-refractivity contribution >= 4 is 43.0 Å². The number of aryl methyl sites for hydroxylation is 1. The molecule has 0 aliphatic rings. The summed E-state index contributed by atoms with van der Waals surface area (Å²) in [4.78, 5) is 12.8. The molecule has 4 rings (SSSR count). The average molecular weight is 596 g/mol. The molecule has 1 amide bonds. The molecule has 4 aromatic carbocycles. The fourth-order valence-electron chi connectivity index (χ4n) is 3.85. The molecular weight excluding hydrogens is 566 g/mol.